The molecule has 386 valence electrons. The number of carboxylic acids is 1. The standard InChI is InChI=1S/C46H62N10O14S/c1-25(50-24-57)42(62)53-36(45(65)66)14-27-7-12-38(69-22-32(58)18-47)34(13-27)35-15-28(16-39(41(35)61)70-23-33(59)19-48)26(2)55(6)44(64)37(21-52-71(49,67)68)54-43(63)29-17-40(60)56(51-20-29)31-10-8-30(9-11-31)46(3,4)5/h7-13,15-17,20,24-26,32-33,36-37,52,58-59,61H,14,18-19,21-23,47-48H2,1-6H3,(H,50,57)(H,53,62)(H,54,63)(H,65,66)(H2,49,67,68)/t25-,26+,32+,33+,36-,37-/m0/s1. The molecule has 25 heteroatoms. The molecular formula is C46H62N10O14S. The maximum atomic E-state index is 14.4. The number of phenolic OH excluding ortho intramolecular Hbond substituents is 1. The third-order valence-corrected chi connectivity index (χ3v) is 11.7. The molecule has 4 amide bonds. The highest BCUT2D eigenvalue weighted by molar-refractivity contribution is 7.87. The van der Waals surface area contributed by atoms with Gasteiger partial charge in [-0.2, -0.15) is 22.9 Å². The predicted octanol–water partition coefficient (Wildman–Crippen LogP) is -1.34. The Balaban J connectivity index is 1.77. The molecule has 14 N–H and O–H groups in total. The lowest BCUT2D eigenvalue weighted by atomic mass is 9.87. The number of likely N-dealkylation sites (N-methyl/N-ethyl adjacent to an activating group) is 1. The Morgan fingerprint density at radius 2 is 1.51 bits per heavy atom. The van der Waals surface area contributed by atoms with E-state index in [2.05, 4.69) is 21.0 Å². The first-order valence-corrected chi connectivity index (χ1v) is 23.6. The Bertz CT molecular complexity index is 2710. The highest BCUT2D eigenvalue weighted by Crippen LogP contribution is 2.44. The zero-order valence-electron chi connectivity index (χ0n) is 40.0. The molecule has 3 aromatic carbocycles. The fourth-order valence-electron chi connectivity index (χ4n) is 6.77. The lowest BCUT2D eigenvalue weighted by molar-refractivity contribution is -0.142. The van der Waals surface area contributed by atoms with Crippen LogP contribution in [0.25, 0.3) is 16.8 Å². The Kier molecular flexibility index (Phi) is 19.7. The van der Waals surface area contributed by atoms with E-state index in [4.69, 9.17) is 26.1 Å². The molecule has 0 spiro atoms. The normalized spacial score (nSPS) is 14.2. The second kappa shape index (κ2) is 24.7. The number of ether oxygens (including phenoxy) is 2. The van der Waals surface area contributed by atoms with E-state index in [9.17, 15) is 57.6 Å². The predicted molar refractivity (Wildman–Crippen MR) is 259 cm³/mol. The molecule has 1 aromatic heterocycles. The van der Waals surface area contributed by atoms with Gasteiger partial charge in [0.25, 0.3) is 21.7 Å². The molecule has 0 aliphatic carbocycles. The van der Waals surface area contributed by atoms with E-state index in [1.165, 1.54) is 44.3 Å². The van der Waals surface area contributed by atoms with E-state index in [1.807, 2.05) is 37.6 Å². The van der Waals surface area contributed by atoms with E-state index < -0.39 is 94.7 Å². The van der Waals surface area contributed by atoms with Crippen LogP contribution in [0.4, 0.5) is 0 Å². The molecule has 71 heavy (non-hydrogen) atoms. The average Bonchev–Trinajstić information content (AvgIpc) is 3.32. The number of benzene rings is 3. The molecular weight excluding hydrogens is 949 g/mol. The Morgan fingerprint density at radius 3 is 2.06 bits per heavy atom. The molecule has 0 radical (unpaired) electrons. The number of carboxylic acid groups (broad SMARTS) is 1. The smallest absolute Gasteiger partial charge is 0.326 e. The van der Waals surface area contributed by atoms with E-state index >= 15 is 0 Å². The topological polar surface area (TPSA) is 383 Å². The number of phenols is 1. The van der Waals surface area contributed by atoms with Crippen molar-refractivity contribution in [3.63, 3.8) is 0 Å². The van der Waals surface area contributed by atoms with Gasteiger partial charge >= 0.3 is 5.97 Å². The van der Waals surface area contributed by atoms with E-state index in [0.717, 1.165) is 27.4 Å². The number of aliphatic hydroxyl groups excluding tert-OH is 2. The molecule has 0 aliphatic heterocycles. The summed E-state index contributed by atoms with van der Waals surface area (Å²) in [5.74, 6) is -4.78. The minimum atomic E-state index is -4.43. The fraction of sp³-hybridized carbons (Fsp3) is 0.413. The van der Waals surface area contributed by atoms with Gasteiger partial charge in [-0.05, 0) is 72.4 Å². The lowest BCUT2D eigenvalue weighted by Gasteiger charge is -2.30. The summed E-state index contributed by atoms with van der Waals surface area (Å²) in [6.07, 6.45) is -1.28. The maximum Gasteiger partial charge on any atom is 0.326 e. The van der Waals surface area contributed by atoms with E-state index in [-0.39, 0.29) is 77.3 Å². The number of nitrogens with zero attached hydrogens (tertiary/aromatic N) is 3. The van der Waals surface area contributed by atoms with E-state index in [0.29, 0.717) is 5.69 Å². The van der Waals surface area contributed by atoms with Crippen LogP contribution in [0.1, 0.15) is 67.7 Å². The second-order valence-corrected chi connectivity index (χ2v) is 19.0. The molecule has 6 atom stereocenters. The van der Waals surface area contributed by atoms with Crippen LogP contribution in [0.2, 0.25) is 0 Å². The number of aliphatic carboxylic acids is 1. The number of carbonyl (C=O) groups is 5. The van der Waals surface area contributed by atoms with Crippen molar-refractivity contribution in [1.29, 1.82) is 0 Å². The van der Waals surface area contributed by atoms with Crippen LogP contribution < -0.4 is 52.3 Å². The van der Waals surface area contributed by atoms with Gasteiger partial charge in [-0.1, -0.05) is 39.0 Å². The van der Waals surface area contributed by atoms with Crippen LogP contribution in [0.3, 0.4) is 0 Å². The van der Waals surface area contributed by atoms with Crippen LogP contribution >= 0.6 is 0 Å². The number of aromatic hydroxyl groups is 1. The summed E-state index contributed by atoms with van der Waals surface area (Å²) in [7, 11) is -3.10. The molecule has 24 nitrogen and oxygen atoms in total. The molecule has 0 bridgehead atoms. The van der Waals surface area contributed by atoms with Gasteiger partial charge in [0.1, 0.15) is 49.3 Å². The first kappa shape index (κ1) is 56.6. The second-order valence-electron chi connectivity index (χ2n) is 17.6. The first-order chi connectivity index (χ1) is 33.3. The van der Waals surface area contributed by atoms with Crippen LogP contribution in [-0.4, -0.2) is 144 Å². The summed E-state index contributed by atoms with van der Waals surface area (Å²) >= 11 is 0. The van der Waals surface area contributed by atoms with Gasteiger partial charge in [0.15, 0.2) is 11.5 Å². The number of amides is 4. The quantitative estimate of drug-likeness (QED) is 0.0342. The van der Waals surface area contributed by atoms with Gasteiger partial charge in [-0.25, -0.2) is 9.93 Å². The highest BCUT2D eigenvalue weighted by atomic mass is 32.2. The monoisotopic (exact) mass is 1010 g/mol. The van der Waals surface area contributed by atoms with Crippen molar-refractivity contribution >= 4 is 40.3 Å². The number of hydrogen-bond donors (Lipinski definition) is 11. The Hall–Kier alpha value is -7.00. The SMILES string of the molecule is C[C@H](NC=O)C(=O)N[C@@H](Cc1ccc(OC[C@H](O)CN)c(-c2cc([C@@H](C)N(C)C(=O)[C@H](CNS(N)(=O)=O)NC(=O)c3cnn(-c4ccc(C(C)(C)C)cc4)c(=O)c3)cc(OC[C@H](O)CN)c2O)c1)C(=O)O. The summed E-state index contributed by atoms with van der Waals surface area (Å²) in [5, 5.41) is 58.9. The number of nitrogens with one attached hydrogen (secondary N) is 4. The van der Waals surface area contributed by atoms with Gasteiger partial charge in [-0.3, -0.25) is 24.0 Å². The lowest BCUT2D eigenvalue weighted by Crippen LogP contribution is -2.54. The fourth-order valence-corrected chi connectivity index (χ4v) is 7.17. The summed E-state index contributed by atoms with van der Waals surface area (Å²) in [6, 6.07) is 9.94. The molecule has 4 rings (SSSR count). The zero-order valence-corrected chi connectivity index (χ0v) is 40.8. The Morgan fingerprint density at radius 1 is 0.887 bits per heavy atom. The summed E-state index contributed by atoms with van der Waals surface area (Å²) in [4.78, 5) is 78.4. The molecule has 0 saturated heterocycles. The van der Waals surface area contributed by atoms with Gasteiger partial charge in [0, 0.05) is 50.3 Å². The molecule has 0 fully saturated rings. The first-order valence-electron chi connectivity index (χ1n) is 22.1. The van der Waals surface area contributed by atoms with Crippen molar-refractivity contribution in [3.8, 4) is 34.1 Å². The van der Waals surface area contributed by atoms with Crippen molar-refractivity contribution in [2.45, 2.75) is 82.8 Å². The third kappa shape index (κ3) is 15.8. The number of rotatable bonds is 25. The highest BCUT2D eigenvalue weighted by Gasteiger charge is 2.31. The molecule has 0 saturated carbocycles. The number of aromatic nitrogens is 2. The molecule has 0 unspecified atom stereocenters. The van der Waals surface area contributed by atoms with Gasteiger partial charge < -0.3 is 62.2 Å². The molecule has 1 heterocycles. The Labute approximate surface area is 409 Å². The van der Waals surface area contributed by atoms with Crippen molar-refractivity contribution in [1.82, 2.24) is 35.4 Å². The van der Waals surface area contributed by atoms with Crippen LogP contribution in [0.5, 0.6) is 17.2 Å². The molecule has 0 aliphatic rings. The number of hydrogen-bond acceptors (Lipinski definition) is 16. The third-order valence-electron chi connectivity index (χ3n) is 11.1. The van der Waals surface area contributed by atoms with Gasteiger partial charge in [0.05, 0.1) is 23.5 Å². The zero-order chi connectivity index (χ0) is 53.0. The van der Waals surface area contributed by atoms with Crippen molar-refractivity contribution in [3.05, 3.63) is 99.5 Å². The number of carbonyl (C=O) groups excluding carboxylic acids is 4. The van der Waals surface area contributed by atoms with Crippen LogP contribution in [0, 0.1) is 0 Å². The number of nitrogens with two attached hydrogens (primary N) is 3. The summed E-state index contributed by atoms with van der Waals surface area (Å²) < 4.78 is 39.0. The minimum absolute atomic E-state index is 0.0379. The van der Waals surface area contributed by atoms with Crippen molar-refractivity contribution in [2.24, 2.45) is 16.6 Å². The largest absolute Gasteiger partial charge is 0.504 e. The molecule has 4 aromatic rings. The minimum Gasteiger partial charge on any atom is -0.504 e. The summed E-state index contributed by atoms with van der Waals surface area (Å²) in [5.41, 5.74) is 12.1. The maximum absolute atomic E-state index is 14.4. The van der Waals surface area contributed by atoms with E-state index in [1.54, 1.807) is 19.1 Å². The van der Waals surface area contributed by atoms with Crippen molar-refractivity contribution < 1.29 is 62.3 Å². The van der Waals surface area contributed by atoms with Crippen LogP contribution in [0.15, 0.2) is 71.7 Å². The van der Waals surface area contributed by atoms with Gasteiger partial charge in [-0.15, -0.1) is 0 Å². The van der Waals surface area contributed by atoms with Gasteiger partial charge in [0.2, 0.25) is 18.2 Å². The summed E-state index contributed by atoms with van der Waals surface area (Å²) in [6.45, 7) is 7.07. The average molecular weight is 1010 g/mol. The number of aliphatic hydroxyl groups is 2. The van der Waals surface area contributed by atoms with Crippen LogP contribution in [-0.2, 0) is 41.2 Å². The van der Waals surface area contributed by atoms with Crippen molar-refractivity contribution in [2.75, 3.05) is 39.9 Å².